The van der Waals surface area contributed by atoms with E-state index in [9.17, 15) is 9.90 Å². The first-order valence-corrected chi connectivity index (χ1v) is 7.49. The molecule has 0 aliphatic rings. The van der Waals surface area contributed by atoms with Crippen molar-refractivity contribution in [3.05, 3.63) is 70.5 Å². The lowest BCUT2D eigenvalue weighted by Gasteiger charge is -2.05. The summed E-state index contributed by atoms with van der Waals surface area (Å²) in [6.07, 6.45) is 0. The van der Waals surface area contributed by atoms with Crippen LogP contribution in [0, 0.1) is 0 Å². The van der Waals surface area contributed by atoms with E-state index in [-0.39, 0.29) is 12.2 Å². The number of aliphatic hydroxyl groups is 1. The second kappa shape index (κ2) is 5.11. The minimum absolute atomic E-state index is 0.0106. The van der Waals surface area contributed by atoms with Gasteiger partial charge in [0.1, 0.15) is 0 Å². The van der Waals surface area contributed by atoms with Crippen molar-refractivity contribution >= 4 is 21.8 Å². The van der Waals surface area contributed by atoms with Crippen LogP contribution in [0.15, 0.2) is 59.4 Å². The zero-order valence-corrected chi connectivity index (χ0v) is 12.7. The highest BCUT2D eigenvalue weighted by molar-refractivity contribution is 5.89. The van der Waals surface area contributed by atoms with Gasteiger partial charge in [-0.15, -0.1) is 0 Å². The summed E-state index contributed by atoms with van der Waals surface area (Å²) < 4.78 is 2.01. The molecule has 4 heteroatoms. The molecule has 0 saturated heterocycles. The molecule has 0 aliphatic carbocycles. The van der Waals surface area contributed by atoms with Gasteiger partial charge in [-0.05, 0) is 41.3 Å². The van der Waals surface area contributed by atoms with E-state index in [0.29, 0.717) is 5.56 Å². The first-order chi connectivity index (χ1) is 11.2. The van der Waals surface area contributed by atoms with Crippen LogP contribution in [0.2, 0.25) is 0 Å². The second-order valence-electron chi connectivity index (χ2n) is 5.74. The summed E-state index contributed by atoms with van der Waals surface area (Å²) in [6, 6.07) is 17.5. The number of aryl methyl sites for hydroxylation is 1. The van der Waals surface area contributed by atoms with Gasteiger partial charge in [0.15, 0.2) is 0 Å². The molecule has 0 fully saturated rings. The Kier molecular flexibility index (Phi) is 3.06. The predicted molar refractivity (Wildman–Crippen MR) is 92.4 cm³/mol. The maximum atomic E-state index is 12.5. The molecule has 0 bridgehead atoms. The average Bonchev–Trinajstić information content (AvgIpc) is 2.90. The van der Waals surface area contributed by atoms with Gasteiger partial charge in [0.25, 0.3) is 5.56 Å². The van der Waals surface area contributed by atoms with Crippen molar-refractivity contribution in [2.24, 2.45) is 7.05 Å². The third kappa shape index (κ3) is 2.15. The lowest BCUT2D eigenvalue weighted by atomic mass is 10.1. The fourth-order valence-electron chi connectivity index (χ4n) is 3.09. The van der Waals surface area contributed by atoms with Crippen LogP contribution < -0.4 is 5.56 Å². The molecule has 2 aromatic heterocycles. The largest absolute Gasteiger partial charge is 0.392 e. The van der Waals surface area contributed by atoms with Crippen LogP contribution in [0.3, 0.4) is 0 Å². The lowest BCUT2D eigenvalue weighted by Crippen LogP contribution is -2.10. The third-order valence-corrected chi connectivity index (χ3v) is 4.32. The first-order valence-electron chi connectivity index (χ1n) is 7.49. The first kappa shape index (κ1) is 13.8. The smallest absolute Gasteiger partial charge is 0.257 e. The summed E-state index contributed by atoms with van der Waals surface area (Å²) in [4.78, 5) is 15.4. The molecule has 0 unspecified atom stereocenters. The molecule has 0 atom stereocenters. The number of aliphatic hydroxyl groups excluding tert-OH is 1. The normalized spacial score (nSPS) is 11.4. The zero-order chi connectivity index (χ0) is 16.0. The number of aromatic amines is 1. The van der Waals surface area contributed by atoms with E-state index in [1.165, 1.54) is 0 Å². The fraction of sp³-hybridized carbons (Fsp3) is 0.105. The maximum absolute atomic E-state index is 12.5. The third-order valence-electron chi connectivity index (χ3n) is 4.32. The molecule has 23 heavy (non-hydrogen) atoms. The summed E-state index contributed by atoms with van der Waals surface area (Å²) in [6.45, 7) is 0.0106. The molecule has 2 heterocycles. The molecule has 4 rings (SSSR count). The van der Waals surface area contributed by atoms with Crippen LogP contribution in [-0.2, 0) is 13.7 Å². The number of nitrogens with zero attached hydrogens (tertiary/aromatic N) is 1. The van der Waals surface area contributed by atoms with Crippen molar-refractivity contribution in [3.8, 4) is 11.3 Å². The SMILES string of the molecule is Cn1c(-c2cc3ccccc3[nH]c2=O)cc2cc(CO)ccc21. The van der Waals surface area contributed by atoms with Crippen LogP contribution >= 0.6 is 0 Å². The van der Waals surface area contributed by atoms with Crippen molar-refractivity contribution in [1.29, 1.82) is 0 Å². The predicted octanol–water partition coefficient (Wildman–Crippen LogP) is 3.18. The molecular weight excluding hydrogens is 288 g/mol. The van der Waals surface area contributed by atoms with Crippen molar-refractivity contribution in [3.63, 3.8) is 0 Å². The summed E-state index contributed by atoms with van der Waals surface area (Å²) in [5, 5.41) is 11.3. The Morgan fingerprint density at radius 1 is 1.04 bits per heavy atom. The van der Waals surface area contributed by atoms with Gasteiger partial charge in [-0.25, -0.2) is 0 Å². The van der Waals surface area contributed by atoms with Crippen LogP contribution in [0.4, 0.5) is 0 Å². The molecule has 2 N–H and O–H groups in total. The monoisotopic (exact) mass is 304 g/mol. The summed E-state index contributed by atoms with van der Waals surface area (Å²) in [5.74, 6) is 0. The molecule has 114 valence electrons. The minimum atomic E-state index is -0.100. The minimum Gasteiger partial charge on any atom is -0.392 e. The van der Waals surface area contributed by atoms with Gasteiger partial charge >= 0.3 is 0 Å². The van der Waals surface area contributed by atoms with Crippen LogP contribution in [0.1, 0.15) is 5.56 Å². The number of H-pyrrole nitrogens is 1. The number of pyridine rings is 1. The van der Waals surface area contributed by atoms with Crippen molar-refractivity contribution in [2.75, 3.05) is 0 Å². The highest BCUT2D eigenvalue weighted by atomic mass is 16.3. The molecule has 0 aliphatic heterocycles. The summed E-state index contributed by atoms with van der Waals surface area (Å²) in [7, 11) is 1.95. The van der Waals surface area contributed by atoms with Crippen molar-refractivity contribution in [2.45, 2.75) is 6.61 Å². The number of hydrogen-bond acceptors (Lipinski definition) is 2. The van der Waals surface area contributed by atoms with E-state index in [4.69, 9.17) is 0 Å². The molecule has 0 spiro atoms. The molecule has 4 nitrogen and oxygen atoms in total. The maximum Gasteiger partial charge on any atom is 0.257 e. The van der Waals surface area contributed by atoms with Gasteiger partial charge in [0, 0.05) is 23.5 Å². The number of fused-ring (bicyclic) bond motifs is 2. The summed E-state index contributed by atoms with van der Waals surface area (Å²) in [5.41, 5.74) is 4.14. The molecule has 4 aromatic rings. The van der Waals surface area contributed by atoms with E-state index < -0.39 is 0 Å². The number of rotatable bonds is 2. The molecular formula is C19H16N2O2. The quantitative estimate of drug-likeness (QED) is 0.597. The number of aromatic nitrogens is 2. The van der Waals surface area contributed by atoms with E-state index in [1.807, 2.05) is 66.2 Å². The van der Waals surface area contributed by atoms with Gasteiger partial charge in [0.2, 0.25) is 0 Å². The van der Waals surface area contributed by atoms with Crippen molar-refractivity contribution in [1.82, 2.24) is 9.55 Å². The lowest BCUT2D eigenvalue weighted by molar-refractivity contribution is 0.282. The Hall–Kier alpha value is -2.85. The number of nitrogens with one attached hydrogen (secondary N) is 1. The van der Waals surface area contributed by atoms with E-state index in [1.54, 1.807) is 0 Å². The van der Waals surface area contributed by atoms with Gasteiger partial charge in [-0.2, -0.15) is 0 Å². The van der Waals surface area contributed by atoms with Crippen LogP contribution in [0.5, 0.6) is 0 Å². The molecule has 0 saturated carbocycles. The van der Waals surface area contributed by atoms with Crippen LogP contribution in [0.25, 0.3) is 33.1 Å². The fourth-order valence-corrected chi connectivity index (χ4v) is 3.09. The van der Waals surface area contributed by atoms with Gasteiger partial charge in [0.05, 0.1) is 17.9 Å². The average molecular weight is 304 g/mol. The van der Waals surface area contributed by atoms with Crippen molar-refractivity contribution < 1.29 is 5.11 Å². The van der Waals surface area contributed by atoms with Gasteiger partial charge in [-0.3, -0.25) is 4.79 Å². The standard InChI is InChI=1S/C19H16N2O2/c1-21-17-7-6-12(11-22)8-14(17)10-18(21)15-9-13-4-2-3-5-16(13)20-19(15)23/h2-10,22H,11H2,1H3,(H,20,23). The number of para-hydroxylation sites is 1. The molecule has 2 aromatic carbocycles. The topological polar surface area (TPSA) is 58.0 Å². The number of hydrogen-bond donors (Lipinski definition) is 2. The highest BCUT2D eigenvalue weighted by Crippen LogP contribution is 2.27. The molecule has 0 amide bonds. The van der Waals surface area contributed by atoms with Crippen LogP contribution in [-0.4, -0.2) is 14.7 Å². The zero-order valence-electron chi connectivity index (χ0n) is 12.7. The second-order valence-corrected chi connectivity index (χ2v) is 5.74. The highest BCUT2D eigenvalue weighted by Gasteiger charge is 2.12. The van der Waals surface area contributed by atoms with E-state index >= 15 is 0 Å². The molecule has 0 radical (unpaired) electrons. The van der Waals surface area contributed by atoms with Gasteiger partial charge in [-0.1, -0.05) is 24.3 Å². The van der Waals surface area contributed by atoms with E-state index in [0.717, 1.165) is 33.1 Å². The Labute approximate surface area is 132 Å². The Bertz CT molecular complexity index is 1090. The van der Waals surface area contributed by atoms with Gasteiger partial charge < -0.3 is 14.7 Å². The Morgan fingerprint density at radius 3 is 2.70 bits per heavy atom. The Balaban J connectivity index is 2.00. The Morgan fingerprint density at radius 2 is 1.87 bits per heavy atom. The van der Waals surface area contributed by atoms with E-state index in [2.05, 4.69) is 4.98 Å². The number of benzene rings is 2. The summed E-state index contributed by atoms with van der Waals surface area (Å²) >= 11 is 0.